The van der Waals surface area contributed by atoms with Crippen LogP contribution in [0.25, 0.3) is 16.7 Å². The summed E-state index contributed by atoms with van der Waals surface area (Å²) in [7, 11) is -2.72. The lowest BCUT2D eigenvalue weighted by molar-refractivity contribution is -0.130. The SMILES string of the molecule is CC1=C(C(=O)Oc2cccc(CO[Si](c3ccccc3)(c3ccccc3)C(C)(C)C)c2)N=c2cc3c(c(C)c21)=Nc1ccccc1-3. The average molecular weight is 621 g/mol. The zero-order valence-electron chi connectivity index (χ0n) is 26.8. The van der Waals surface area contributed by atoms with Crippen LogP contribution in [0.5, 0.6) is 5.75 Å². The lowest BCUT2D eigenvalue weighted by atomic mass is 9.96. The van der Waals surface area contributed by atoms with E-state index in [-0.39, 0.29) is 5.04 Å². The molecule has 0 amide bonds. The maximum atomic E-state index is 13.6. The Kier molecular flexibility index (Phi) is 7.42. The van der Waals surface area contributed by atoms with Crippen molar-refractivity contribution < 1.29 is 14.0 Å². The quantitative estimate of drug-likeness (QED) is 0.110. The first kappa shape index (κ1) is 29.8. The molecule has 7 rings (SSSR count). The highest BCUT2D eigenvalue weighted by atomic mass is 28.4. The third kappa shape index (κ3) is 4.94. The van der Waals surface area contributed by atoms with Crippen LogP contribution < -0.4 is 25.8 Å². The molecule has 0 fully saturated rings. The minimum absolute atomic E-state index is 0.142. The largest absolute Gasteiger partial charge is 0.422 e. The van der Waals surface area contributed by atoms with Gasteiger partial charge in [-0.2, -0.15) is 0 Å². The van der Waals surface area contributed by atoms with E-state index in [1.165, 1.54) is 10.4 Å². The number of hydrogen-bond donors (Lipinski definition) is 0. The molecule has 0 saturated carbocycles. The second-order valence-electron chi connectivity index (χ2n) is 13.0. The van der Waals surface area contributed by atoms with E-state index in [9.17, 15) is 4.79 Å². The van der Waals surface area contributed by atoms with Crippen molar-refractivity contribution in [2.45, 2.75) is 46.3 Å². The molecule has 5 nitrogen and oxygen atoms in total. The van der Waals surface area contributed by atoms with E-state index in [0.29, 0.717) is 18.1 Å². The Balaban J connectivity index is 1.16. The summed E-state index contributed by atoms with van der Waals surface area (Å²) in [5.41, 5.74) is 7.13. The number of allylic oxidation sites excluding steroid dienone is 1. The predicted octanol–water partition coefficient (Wildman–Crippen LogP) is 6.97. The van der Waals surface area contributed by atoms with Crippen molar-refractivity contribution in [3.05, 3.63) is 148 Å². The normalized spacial score (nSPS) is 13.4. The Labute approximate surface area is 270 Å². The van der Waals surface area contributed by atoms with Gasteiger partial charge in [-0.05, 0) is 70.2 Å². The van der Waals surface area contributed by atoms with Gasteiger partial charge < -0.3 is 9.16 Å². The fourth-order valence-electron chi connectivity index (χ4n) is 6.95. The Bertz CT molecular complexity index is 2110. The first-order valence-corrected chi connectivity index (χ1v) is 17.6. The van der Waals surface area contributed by atoms with Gasteiger partial charge in [-0.25, -0.2) is 14.8 Å². The number of carbonyl (C=O) groups is 1. The van der Waals surface area contributed by atoms with Crippen molar-refractivity contribution in [1.29, 1.82) is 0 Å². The summed E-state index contributed by atoms with van der Waals surface area (Å²) in [5.74, 6) is -0.0150. The molecule has 0 bridgehead atoms. The van der Waals surface area contributed by atoms with E-state index in [1.54, 1.807) is 6.07 Å². The molecule has 0 atom stereocenters. The van der Waals surface area contributed by atoms with Crippen molar-refractivity contribution in [2.24, 2.45) is 9.98 Å². The monoisotopic (exact) mass is 620 g/mol. The highest BCUT2D eigenvalue weighted by Crippen LogP contribution is 2.38. The van der Waals surface area contributed by atoms with Crippen molar-refractivity contribution in [3.63, 3.8) is 0 Å². The van der Waals surface area contributed by atoms with Crippen LogP contribution in [-0.4, -0.2) is 14.3 Å². The molecule has 6 heteroatoms. The van der Waals surface area contributed by atoms with Crippen LogP contribution in [-0.2, 0) is 15.8 Å². The first-order chi connectivity index (χ1) is 22.2. The molecular weight excluding hydrogens is 585 g/mol. The van der Waals surface area contributed by atoms with E-state index in [0.717, 1.165) is 49.8 Å². The lowest BCUT2D eigenvalue weighted by Crippen LogP contribution is -2.66. The minimum atomic E-state index is -2.72. The van der Waals surface area contributed by atoms with Crippen LogP contribution in [0.15, 0.2) is 131 Å². The van der Waals surface area contributed by atoms with Gasteiger partial charge in [0.05, 0.1) is 23.0 Å². The van der Waals surface area contributed by atoms with Crippen molar-refractivity contribution in [3.8, 4) is 16.9 Å². The van der Waals surface area contributed by atoms with Crippen molar-refractivity contribution in [2.75, 3.05) is 0 Å². The molecule has 46 heavy (non-hydrogen) atoms. The van der Waals surface area contributed by atoms with Gasteiger partial charge in [0.15, 0.2) is 5.70 Å². The molecule has 5 aromatic carbocycles. The van der Waals surface area contributed by atoms with Gasteiger partial charge in [-0.3, -0.25) is 0 Å². The topological polar surface area (TPSA) is 60.2 Å². The Hall–Kier alpha value is -4.91. The molecule has 0 saturated heterocycles. The highest BCUT2D eigenvalue weighted by Gasteiger charge is 2.50. The van der Waals surface area contributed by atoms with E-state index in [1.807, 2.05) is 61.5 Å². The van der Waals surface area contributed by atoms with Crippen LogP contribution in [0.4, 0.5) is 5.69 Å². The molecule has 0 aromatic heterocycles. The number of fused-ring (bicyclic) bond motifs is 4. The summed E-state index contributed by atoms with van der Waals surface area (Å²) in [6.45, 7) is 11.2. The molecule has 0 unspecified atom stereocenters. The van der Waals surface area contributed by atoms with Crippen LogP contribution in [0.2, 0.25) is 5.04 Å². The molecule has 228 valence electrons. The van der Waals surface area contributed by atoms with Crippen LogP contribution >= 0.6 is 0 Å². The summed E-state index contributed by atoms with van der Waals surface area (Å²) in [5, 5.41) is 4.02. The number of esters is 1. The molecule has 0 radical (unpaired) electrons. The maximum Gasteiger partial charge on any atom is 0.362 e. The summed E-state index contributed by atoms with van der Waals surface area (Å²) < 4.78 is 13.1. The fourth-order valence-corrected chi connectivity index (χ4v) is 11.5. The maximum absolute atomic E-state index is 13.6. The highest BCUT2D eigenvalue weighted by molar-refractivity contribution is 6.99. The van der Waals surface area contributed by atoms with E-state index >= 15 is 0 Å². The number of rotatable bonds is 7. The predicted molar refractivity (Wildman–Crippen MR) is 186 cm³/mol. The lowest BCUT2D eigenvalue weighted by Gasteiger charge is -2.43. The summed E-state index contributed by atoms with van der Waals surface area (Å²) >= 11 is 0. The zero-order valence-corrected chi connectivity index (χ0v) is 27.8. The van der Waals surface area contributed by atoms with Gasteiger partial charge in [0, 0.05) is 16.7 Å². The van der Waals surface area contributed by atoms with Gasteiger partial charge >= 0.3 is 5.97 Å². The zero-order chi connectivity index (χ0) is 32.1. The van der Waals surface area contributed by atoms with Gasteiger partial charge in [0.2, 0.25) is 0 Å². The molecule has 2 aliphatic rings. The minimum Gasteiger partial charge on any atom is -0.422 e. The Morgan fingerprint density at radius 2 is 1.39 bits per heavy atom. The second kappa shape index (κ2) is 11.5. The van der Waals surface area contributed by atoms with E-state index in [4.69, 9.17) is 19.1 Å². The third-order valence-electron chi connectivity index (χ3n) is 9.09. The first-order valence-electron chi connectivity index (χ1n) is 15.7. The average Bonchev–Trinajstić information content (AvgIpc) is 3.60. The fraction of sp³-hybridized carbons (Fsp3) is 0.175. The molecule has 2 aliphatic heterocycles. The third-order valence-corrected chi connectivity index (χ3v) is 14.1. The van der Waals surface area contributed by atoms with Gasteiger partial charge in [-0.1, -0.05) is 112 Å². The van der Waals surface area contributed by atoms with E-state index < -0.39 is 14.3 Å². The molecule has 0 N–H and O–H groups in total. The number of benzene rings is 5. The Morgan fingerprint density at radius 3 is 2.07 bits per heavy atom. The summed E-state index contributed by atoms with van der Waals surface area (Å²) in [6.07, 6.45) is 0. The van der Waals surface area contributed by atoms with Crippen LogP contribution in [0.3, 0.4) is 0 Å². The number of para-hydroxylation sites is 1. The summed E-state index contributed by atoms with van der Waals surface area (Å²) in [4.78, 5) is 23.2. The van der Waals surface area contributed by atoms with Gasteiger partial charge in [-0.15, -0.1) is 0 Å². The number of ether oxygens (including phenoxy) is 1. The van der Waals surface area contributed by atoms with Crippen LogP contribution in [0, 0.1) is 6.92 Å². The van der Waals surface area contributed by atoms with Crippen molar-refractivity contribution in [1.82, 2.24) is 0 Å². The van der Waals surface area contributed by atoms with Gasteiger partial charge in [0.25, 0.3) is 8.32 Å². The number of nitrogens with zero attached hydrogens (tertiary/aromatic N) is 2. The van der Waals surface area contributed by atoms with E-state index in [2.05, 4.69) is 82.3 Å². The van der Waals surface area contributed by atoms with Crippen molar-refractivity contribution >= 4 is 35.9 Å². The molecule has 5 aromatic rings. The van der Waals surface area contributed by atoms with Gasteiger partial charge in [0.1, 0.15) is 5.75 Å². The number of carbonyl (C=O) groups excluding carboxylic acids is 1. The second-order valence-corrected chi connectivity index (χ2v) is 17.3. The Morgan fingerprint density at radius 1 is 0.739 bits per heavy atom. The van der Waals surface area contributed by atoms with Crippen LogP contribution in [0.1, 0.15) is 44.4 Å². The molecule has 2 heterocycles. The number of hydrogen-bond acceptors (Lipinski definition) is 5. The smallest absolute Gasteiger partial charge is 0.362 e. The molecular formula is C40H36N2O3Si. The standard InChI is InChI=1S/C40H36N2O3Si/c1-26-36-27(2)38(42-35(36)24-33-32-21-12-13-22-34(32)41-37(26)33)39(43)45-29-16-14-15-28(23-29)25-44-46(40(3,4)5,30-17-8-6-9-18-30)31-19-10-7-11-20-31/h6-24H,25H2,1-5H3. The molecule has 0 aliphatic carbocycles. The summed E-state index contributed by atoms with van der Waals surface area (Å²) in [6, 6.07) is 38.9. The molecule has 0 spiro atoms.